The summed E-state index contributed by atoms with van der Waals surface area (Å²) in [5, 5.41) is 8.86. The highest BCUT2D eigenvalue weighted by atomic mass is 19.1. The number of ether oxygens (including phenoxy) is 1. The predicted octanol–water partition coefficient (Wildman–Crippen LogP) is 5.07. The van der Waals surface area contributed by atoms with E-state index in [2.05, 4.69) is 6.07 Å². The number of hydrogen-bond donors (Lipinski definition) is 0. The average Bonchev–Trinajstić information content (AvgIpc) is 3.50. The summed E-state index contributed by atoms with van der Waals surface area (Å²) in [6, 6.07) is 23.0. The Morgan fingerprint density at radius 2 is 1.52 bits per heavy atom. The Hall–Kier alpha value is -3.45. The zero-order valence-electron chi connectivity index (χ0n) is 14.4. The van der Waals surface area contributed by atoms with Gasteiger partial charge in [0.25, 0.3) is 0 Å². The van der Waals surface area contributed by atoms with Gasteiger partial charge in [0, 0.05) is 0 Å². The molecule has 3 aromatic rings. The molecule has 0 saturated heterocycles. The molecule has 0 spiro atoms. The molecule has 3 nitrogen and oxygen atoms in total. The highest BCUT2D eigenvalue weighted by molar-refractivity contribution is 5.80. The number of esters is 1. The minimum atomic E-state index is -0.277. The smallest absolute Gasteiger partial charge is 0.314 e. The highest BCUT2D eigenvalue weighted by Gasteiger charge is 2.45. The van der Waals surface area contributed by atoms with Gasteiger partial charge < -0.3 is 4.74 Å². The van der Waals surface area contributed by atoms with Crippen LogP contribution in [0.1, 0.15) is 23.5 Å². The maximum Gasteiger partial charge on any atom is 0.314 e. The third kappa shape index (κ3) is 3.73. The number of hydrogen-bond acceptors (Lipinski definition) is 3. The molecule has 0 aliphatic heterocycles. The van der Waals surface area contributed by atoms with Gasteiger partial charge in [-0.3, -0.25) is 4.79 Å². The van der Waals surface area contributed by atoms with Crippen molar-refractivity contribution in [3.63, 3.8) is 0 Å². The van der Waals surface area contributed by atoms with Crippen molar-refractivity contribution in [2.24, 2.45) is 5.92 Å². The molecule has 1 aliphatic carbocycles. The van der Waals surface area contributed by atoms with E-state index in [0.29, 0.717) is 11.3 Å². The van der Waals surface area contributed by atoms with Gasteiger partial charge in [0.15, 0.2) is 0 Å². The van der Waals surface area contributed by atoms with Gasteiger partial charge in [-0.05, 0) is 65.4 Å². The molecule has 0 bridgehead atoms. The molecule has 1 saturated carbocycles. The van der Waals surface area contributed by atoms with Crippen molar-refractivity contribution in [1.29, 1.82) is 5.26 Å². The average molecular weight is 357 g/mol. The first-order valence-corrected chi connectivity index (χ1v) is 8.72. The fourth-order valence-electron chi connectivity index (χ4n) is 3.18. The predicted molar refractivity (Wildman–Crippen MR) is 99.5 cm³/mol. The number of rotatable bonds is 4. The number of carbonyl (C=O) groups is 1. The molecule has 132 valence electrons. The molecule has 4 rings (SSSR count). The van der Waals surface area contributed by atoms with Crippen LogP contribution in [-0.2, 0) is 4.79 Å². The van der Waals surface area contributed by atoms with Crippen molar-refractivity contribution in [3.05, 3.63) is 89.7 Å². The Kier molecular flexibility index (Phi) is 4.43. The normalized spacial score (nSPS) is 17.8. The zero-order chi connectivity index (χ0) is 18.8. The van der Waals surface area contributed by atoms with Crippen molar-refractivity contribution >= 4 is 5.97 Å². The molecule has 1 fully saturated rings. The van der Waals surface area contributed by atoms with Gasteiger partial charge in [-0.15, -0.1) is 0 Å². The van der Waals surface area contributed by atoms with Gasteiger partial charge in [0.05, 0.1) is 17.6 Å². The van der Waals surface area contributed by atoms with Crippen LogP contribution in [0.4, 0.5) is 4.39 Å². The molecule has 0 heterocycles. The monoisotopic (exact) mass is 357 g/mol. The Morgan fingerprint density at radius 3 is 2.11 bits per heavy atom. The van der Waals surface area contributed by atoms with Crippen molar-refractivity contribution in [1.82, 2.24) is 0 Å². The summed E-state index contributed by atoms with van der Waals surface area (Å²) in [5.74, 6) is -0.0943. The first-order valence-electron chi connectivity index (χ1n) is 8.72. The largest absolute Gasteiger partial charge is 0.426 e. The lowest BCUT2D eigenvalue weighted by molar-refractivity contribution is -0.135. The minimum Gasteiger partial charge on any atom is -0.426 e. The summed E-state index contributed by atoms with van der Waals surface area (Å²) in [6.45, 7) is 0. The molecule has 0 radical (unpaired) electrons. The summed E-state index contributed by atoms with van der Waals surface area (Å²) in [7, 11) is 0. The number of benzene rings is 3. The van der Waals surface area contributed by atoms with Crippen LogP contribution >= 0.6 is 0 Å². The molecule has 27 heavy (non-hydrogen) atoms. The molecular weight excluding hydrogens is 341 g/mol. The van der Waals surface area contributed by atoms with Crippen LogP contribution in [0.5, 0.6) is 5.75 Å². The van der Waals surface area contributed by atoms with E-state index >= 15 is 0 Å². The molecule has 2 unspecified atom stereocenters. The van der Waals surface area contributed by atoms with E-state index in [-0.39, 0.29) is 23.6 Å². The molecule has 0 N–H and O–H groups in total. The highest BCUT2D eigenvalue weighted by Crippen LogP contribution is 2.48. The van der Waals surface area contributed by atoms with Gasteiger partial charge in [0.1, 0.15) is 11.6 Å². The Balaban J connectivity index is 1.39. The second kappa shape index (κ2) is 7.05. The number of nitriles is 1. The van der Waals surface area contributed by atoms with Crippen molar-refractivity contribution in [3.8, 4) is 22.9 Å². The van der Waals surface area contributed by atoms with Gasteiger partial charge in [-0.1, -0.05) is 36.4 Å². The second-order valence-corrected chi connectivity index (χ2v) is 6.63. The first kappa shape index (κ1) is 17.0. The quantitative estimate of drug-likeness (QED) is 0.484. The van der Waals surface area contributed by atoms with E-state index in [1.54, 1.807) is 36.4 Å². The van der Waals surface area contributed by atoms with Crippen molar-refractivity contribution in [2.45, 2.75) is 12.3 Å². The fraction of sp³-hybridized carbons (Fsp3) is 0.130. The van der Waals surface area contributed by atoms with Crippen LogP contribution in [-0.4, -0.2) is 5.97 Å². The lowest BCUT2D eigenvalue weighted by Gasteiger charge is -2.06. The van der Waals surface area contributed by atoms with Crippen LogP contribution in [0, 0.1) is 23.1 Å². The maximum absolute atomic E-state index is 13.0. The Labute approximate surface area is 156 Å². The van der Waals surface area contributed by atoms with Crippen LogP contribution in [0.25, 0.3) is 11.1 Å². The Morgan fingerprint density at radius 1 is 0.926 bits per heavy atom. The maximum atomic E-state index is 13.0. The number of carbonyl (C=O) groups excluding carboxylic acids is 1. The molecule has 0 amide bonds. The van der Waals surface area contributed by atoms with E-state index < -0.39 is 0 Å². The SMILES string of the molecule is N#Cc1ccc(-c2ccc(OC(=O)C3CC3c3ccc(F)cc3)cc2)cc1. The lowest BCUT2D eigenvalue weighted by Crippen LogP contribution is -2.11. The van der Waals surface area contributed by atoms with Gasteiger partial charge in [0.2, 0.25) is 0 Å². The van der Waals surface area contributed by atoms with Gasteiger partial charge in [-0.2, -0.15) is 5.26 Å². The molecule has 1 aliphatic rings. The standard InChI is InChI=1S/C23H16FNO2/c24-19-9-5-18(6-10-19)21-13-22(21)23(26)27-20-11-7-17(8-12-20)16-3-1-15(14-25)2-4-16/h1-12,21-22H,13H2. The molecule has 0 aromatic heterocycles. The summed E-state index contributed by atoms with van der Waals surface area (Å²) < 4.78 is 18.5. The summed E-state index contributed by atoms with van der Waals surface area (Å²) in [5.41, 5.74) is 3.55. The lowest BCUT2D eigenvalue weighted by atomic mass is 10.0. The van der Waals surface area contributed by atoms with Gasteiger partial charge >= 0.3 is 5.97 Å². The summed E-state index contributed by atoms with van der Waals surface area (Å²) in [4.78, 5) is 12.3. The zero-order valence-corrected chi connectivity index (χ0v) is 14.4. The van der Waals surface area contributed by atoms with E-state index in [1.165, 1.54) is 12.1 Å². The third-order valence-electron chi connectivity index (χ3n) is 4.81. The van der Waals surface area contributed by atoms with E-state index in [9.17, 15) is 9.18 Å². The minimum absolute atomic E-state index is 0.107. The van der Waals surface area contributed by atoms with Crippen LogP contribution in [0.15, 0.2) is 72.8 Å². The molecular formula is C23H16FNO2. The van der Waals surface area contributed by atoms with Crippen LogP contribution in [0.3, 0.4) is 0 Å². The number of nitrogens with zero attached hydrogens (tertiary/aromatic N) is 1. The molecule has 2 atom stereocenters. The van der Waals surface area contributed by atoms with E-state index in [4.69, 9.17) is 10.00 Å². The van der Waals surface area contributed by atoms with Gasteiger partial charge in [-0.25, -0.2) is 4.39 Å². The third-order valence-corrected chi connectivity index (χ3v) is 4.81. The van der Waals surface area contributed by atoms with E-state index in [0.717, 1.165) is 23.1 Å². The molecule has 4 heteroatoms. The van der Waals surface area contributed by atoms with Crippen molar-refractivity contribution < 1.29 is 13.9 Å². The van der Waals surface area contributed by atoms with Crippen LogP contribution < -0.4 is 4.74 Å². The topological polar surface area (TPSA) is 50.1 Å². The summed E-state index contributed by atoms with van der Waals surface area (Å²) >= 11 is 0. The second-order valence-electron chi connectivity index (χ2n) is 6.63. The fourth-order valence-corrected chi connectivity index (χ4v) is 3.18. The van der Waals surface area contributed by atoms with Crippen molar-refractivity contribution in [2.75, 3.05) is 0 Å². The first-order chi connectivity index (χ1) is 13.1. The Bertz CT molecular complexity index is 1000. The molecule has 3 aromatic carbocycles. The number of halogens is 1. The summed E-state index contributed by atoms with van der Waals surface area (Å²) in [6.07, 6.45) is 0.730. The van der Waals surface area contributed by atoms with E-state index in [1.807, 2.05) is 24.3 Å². The van der Waals surface area contributed by atoms with Crippen LogP contribution in [0.2, 0.25) is 0 Å².